The zero-order valence-electron chi connectivity index (χ0n) is 13.8. The van der Waals surface area contributed by atoms with Gasteiger partial charge in [-0.1, -0.05) is 49.4 Å². The molecule has 3 rings (SSSR count). The van der Waals surface area contributed by atoms with Crippen molar-refractivity contribution >= 4 is 11.6 Å². The monoisotopic (exact) mass is 308 g/mol. The number of nitrogens with one attached hydrogen (secondary N) is 2. The summed E-state index contributed by atoms with van der Waals surface area (Å²) in [6, 6.07) is 16.4. The average molecular weight is 308 g/mol. The molecule has 1 aliphatic rings. The van der Waals surface area contributed by atoms with E-state index in [0.717, 1.165) is 30.8 Å². The molecule has 0 bridgehead atoms. The molecule has 0 saturated heterocycles. The maximum absolute atomic E-state index is 12.6. The van der Waals surface area contributed by atoms with E-state index >= 15 is 0 Å². The van der Waals surface area contributed by atoms with E-state index in [0.29, 0.717) is 5.92 Å². The number of benzene rings is 2. The number of hydrogen-bond donors (Lipinski definition) is 2. The summed E-state index contributed by atoms with van der Waals surface area (Å²) in [4.78, 5) is 12.6. The molecule has 2 atom stereocenters. The Morgan fingerprint density at radius 2 is 1.87 bits per heavy atom. The Labute approximate surface area is 138 Å². The molecule has 0 heterocycles. The third-order valence-electron chi connectivity index (χ3n) is 4.56. The van der Waals surface area contributed by atoms with E-state index in [2.05, 4.69) is 48.7 Å². The summed E-state index contributed by atoms with van der Waals surface area (Å²) in [6.07, 6.45) is 0.950. The van der Waals surface area contributed by atoms with Crippen molar-refractivity contribution < 1.29 is 4.79 Å². The fraction of sp³-hybridized carbons (Fsp3) is 0.350. The van der Waals surface area contributed by atoms with Crippen molar-refractivity contribution in [3.8, 4) is 0 Å². The van der Waals surface area contributed by atoms with Crippen molar-refractivity contribution in [2.24, 2.45) is 5.92 Å². The van der Waals surface area contributed by atoms with Crippen LogP contribution in [0.3, 0.4) is 0 Å². The lowest BCUT2D eigenvalue weighted by atomic mass is 10.0. The van der Waals surface area contributed by atoms with Crippen LogP contribution in [0.1, 0.15) is 36.0 Å². The van der Waals surface area contributed by atoms with Crippen molar-refractivity contribution in [1.82, 2.24) is 5.32 Å². The second-order valence-electron chi connectivity index (χ2n) is 6.23. The van der Waals surface area contributed by atoms with Crippen molar-refractivity contribution in [3.05, 3.63) is 65.2 Å². The first-order chi connectivity index (χ1) is 11.2. The molecule has 0 unspecified atom stereocenters. The summed E-state index contributed by atoms with van der Waals surface area (Å²) < 4.78 is 0. The van der Waals surface area contributed by atoms with Crippen LogP contribution in [0.4, 0.5) is 5.69 Å². The number of anilines is 1. The van der Waals surface area contributed by atoms with E-state index in [1.165, 1.54) is 11.1 Å². The van der Waals surface area contributed by atoms with Crippen molar-refractivity contribution in [3.63, 3.8) is 0 Å². The van der Waals surface area contributed by atoms with Crippen LogP contribution in [-0.2, 0) is 11.3 Å². The maximum atomic E-state index is 12.6. The summed E-state index contributed by atoms with van der Waals surface area (Å²) >= 11 is 0. The lowest BCUT2D eigenvalue weighted by molar-refractivity contribution is -0.117. The summed E-state index contributed by atoms with van der Waals surface area (Å²) in [5.74, 6) is 0.614. The van der Waals surface area contributed by atoms with Crippen molar-refractivity contribution in [2.45, 2.75) is 32.7 Å². The van der Waals surface area contributed by atoms with E-state index in [1.54, 1.807) is 0 Å². The highest BCUT2D eigenvalue weighted by Crippen LogP contribution is 2.49. The van der Waals surface area contributed by atoms with Crippen molar-refractivity contribution in [1.29, 1.82) is 0 Å². The second kappa shape index (κ2) is 6.97. The van der Waals surface area contributed by atoms with Crippen molar-refractivity contribution in [2.75, 3.05) is 11.9 Å². The van der Waals surface area contributed by atoms with Crippen LogP contribution in [0.15, 0.2) is 48.5 Å². The highest BCUT2D eigenvalue weighted by Gasteiger charge is 2.44. The summed E-state index contributed by atoms with van der Waals surface area (Å²) in [7, 11) is 0. The van der Waals surface area contributed by atoms with Gasteiger partial charge in [-0.15, -0.1) is 0 Å². The normalized spacial score (nSPS) is 19.4. The van der Waals surface area contributed by atoms with Crippen LogP contribution in [0.2, 0.25) is 0 Å². The molecule has 2 aromatic carbocycles. The maximum Gasteiger partial charge on any atom is 0.228 e. The van der Waals surface area contributed by atoms with Gasteiger partial charge in [0.15, 0.2) is 0 Å². The lowest BCUT2D eigenvalue weighted by Gasteiger charge is -2.11. The summed E-state index contributed by atoms with van der Waals surface area (Å²) in [5.41, 5.74) is 4.65. The molecular formula is C20H24N2O. The van der Waals surface area contributed by atoms with Gasteiger partial charge in [0.05, 0.1) is 0 Å². The zero-order valence-corrected chi connectivity index (χ0v) is 13.8. The summed E-state index contributed by atoms with van der Waals surface area (Å²) in [6.45, 7) is 5.89. The topological polar surface area (TPSA) is 41.1 Å². The molecule has 0 aliphatic heterocycles. The first-order valence-corrected chi connectivity index (χ1v) is 8.35. The van der Waals surface area contributed by atoms with Gasteiger partial charge < -0.3 is 10.6 Å². The van der Waals surface area contributed by atoms with Crippen LogP contribution in [0, 0.1) is 12.8 Å². The Kier molecular flexibility index (Phi) is 4.77. The predicted molar refractivity (Wildman–Crippen MR) is 94.5 cm³/mol. The molecule has 0 spiro atoms. The molecule has 0 aromatic heterocycles. The lowest BCUT2D eigenvalue weighted by Crippen LogP contribution is -2.18. The van der Waals surface area contributed by atoms with Crippen LogP contribution in [0.5, 0.6) is 0 Å². The highest BCUT2D eigenvalue weighted by molar-refractivity contribution is 5.95. The number of carbonyl (C=O) groups is 1. The molecule has 2 N–H and O–H groups in total. The van der Waals surface area contributed by atoms with Gasteiger partial charge in [0.25, 0.3) is 0 Å². The fourth-order valence-corrected chi connectivity index (χ4v) is 3.11. The molecule has 3 nitrogen and oxygen atoms in total. The molecule has 2 aromatic rings. The average Bonchev–Trinajstić information content (AvgIpc) is 3.35. The Balaban J connectivity index is 1.66. The molecule has 0 radical (unpaired) electrons. The standard InChI is InChI=1S/C20H24N2O/c1-3-21-13-15-9-5-7-11-19(15)22-20(23)18-12-17(18)16-10-6-4-8-14(16)2/h4-11,17-18,21H,3,12-13H2,1-2H3,(H,22,23)/t17-,18-/m1/s1. The van der Waals surface area contributed by atoms with Gasteiger partial charge in [-0.2, -0.15) is 0 Å². The molecule has 120 valence electrons. The first-order valence-electron chi connectivity index (χ1n) is 8.35. The van der Waals surface area contributed by atoms with Gasteiger partial charge in [-0.25, -0.2) is 0 Å². The van der Waals surface area contributed by atoms with E-state index in [4.69, 9.17) is 0 Å². The zero-order chi connectivity index (χ0) is 16.2. The van der Waals surface area contributed by atoms with Gasteiger partial charge in [0.1, 0.15) is 0 Å². The number of amides is 1. The smallest absolute Gasteiger partial charge is 0.228 e. The number of para-hydroxylation sites is 1. The molecular weight excluding hydrogens is 284 g/mol. The number of aryl methyl sites for hydroxylation is 1. The van der Waals surface area contributed by atoms with Crippen LogP contribution in [-0.4, -0.2) is 12.5 Å². The minimum atomic E-state index is 0.100. The van der Waals surface area contributed by atoms with Gasteiger partial charge >= 0.3 is 0 Å². The Bertz CT molecular complexity index is 696. The van der Waals surface area contributed by atoms with Crippen LogP contribution >= 0.6 is 0 Å². The SMILES string of the molecule is CCNCc1ccccc1NC(=O)[C@@H]1C[C@@H]1c1ccccc1C. The highest BCUT2D eigenvalue weighted by atomic mass is 16.2. The van der Waals surface area contributed by atoms with E-state index in [9.17, 15) is 4.79 Å². The Hall–Kier alpha value is -2.13. The predicted octanol–water partition coefficient (Wildman–Crippen LogP) is 3.85. The molecule has 1 aliphatic carbocycles. The third-order valence-corrected chi connectivity index (χ3v) is 4.56. The quantitative estimate of drug-likeness (QED) is 0.851. The van der Waals surface area contributed by atoms with Crippen LogP contribution < -0.4 is 10.6 Å². The van der Waals surface area contributed by atoms with E-state index < -0.39 is 0 Å². The van der Waals surface area contributed by atoms with E-state index in [1.807, 2.05) is 24.3 Å². The number of carbonyl (C=O) groups excluding carboxylic acids is 1. The number of rotatable bonds is 6. The van der Waals surface area contributed by atoms with Gasteiger partial charge in [0, 0.05) is 18.2 Å². The minimum Gasteiger partial charge on any atom is -0.326 e. The summed E-state index contributed by atoms with van der Waals surface area (Å²) in [5, 5.41) is 6.44. The molecule has 3 heteroatoms. The largest absolute Gasteiger partial charge is 0.326 e. The first kappa shape index (κ1) is 15.8. The fourth-order valence-electron chi connectivity index (χ4n) is 3.11. The molecule has 1 fully saturated rings. The third kappa shape index (κ3) is 3.62. The van der Waals surface area contributed by atoms with Gasteiger partial charge in [-0.05, 0) is 48.6 Å². The number of hydrogen-bond acceptors (Lipinski definition) is 2. The second-order valence-corrected chi connectivity index (χ2v) is 6.23. The molecule has 1 amide bonds. The molecule has 1 saturated carbocycles. The Morgan fingerprint density at radius 1 is 1.13 bits per heavy atom. The van der Waals surface area contributed by atoms with Gasteiger partial charge in [-0.3, -0.25) is 4.79 Å². The molecule has 23 heavy (non-hydrogen) atoms. The Morgan fingerprint density at radius 3 is 2.65 bits per heavy atom. The minimum absolute atomic E-state index is 0.100. The van der Waals surface area contributed by atoms with Gasteiger partial charge in [0.2, 0.25) is 5.91 Å². The van der Waals surface area contributed by atoms with E-state index in [-0.39, 0.29) is 11.8 Å². The van der Waals surface area contributed by atoms with Crippen LogP contribution in [0.25, 0.3) is 0 Å².